The molecule has 206 valence electrons. The van der Waals surface area contributed by atoms with E-state index in [1.54, 1.807) is 37.3 Å². The lowest BCUT2D eigenvalue weighted by Gasteiger charge is -2.23. The minimum absolute atomic E-state index is 0.0188. The van der Waals surface area contributed by atoms with Crippen LogP contribution >= 0.6 is 0 Å². The third-order valence-electron chi connectivity index (χ3n) is 6.20. The number of nitrogens with one attached hydrogen (secondary N) is 2. The highest BCUT2D eigenvalue weighted by Gasteiger charge is 2.29. The first-order chi connectivity index (χ1) is 18.4. The van der Waals surface area contributed by atoms with Crippen LogP contribution in [0, 0.1) is 0 Å². The molecule has 0 aliphatic carbocycles. The van der Waals surface area contributed by atoms with Gasteiger partial charge in [0, 0.05) is 18.2 Å². The van der Waals surface area contributed by atoms with Gasteiger partial charge in [0.05, 0.1) is 24.0 Å². The van der Waals surface area contributed by atoms with Gasteiger partial charge in [-0.15, -0.1) is 0 Å². The number of rotatable bonds is 11. The molecule has 4 N–H and O–H groups in total. The van der Waals surface area contributed by atoms with Crippen LogP contribution in [0.2, 0.25) is 0 Å². The van der Waals surface area contributed by atoms with Gasteiger partial charge in [0.2, 0.25) is 10.0 Å². The fourth-order valence-electron chi connectivity index (χ4n) is 3.89. The maximum Gasteiger partial charge on any atom is 0.334 e. The smallest absolute Gasteiger partial charge is 0.334 e. The Balaban J connectivity index is 1.95. The van der Waals surface area contributed by atoms with Crippen molar-refractivity contribution in [2.24, 2.45) is 0 Å². The van der Waals surface area contributed by atoms with E-state index in [1.165, 1.54) is 25.2 Å². The number of aliphatic hydroxyl groups excluding tert-OH is 1. The van der Waals surface area contributed by atoms with Gasteiger partial charge in [0.25, 0.3) is 11.8 Å². The summed E-state index contributed by atoms with van der Waals surface area (Å²) in [6.07, 6.45) is -0.911. The summed E-state index contributed by atoms with van der Waals surface area (Å²) in [5.41, 5.74) is 1.52. The first-order valence-corrected chi connectivity index (χ1v) is 13.9. The lowest BCUT2D eigenvalue weighted by atomic mass is 10.00. The van der Waals surface area contributed by atoms with Gasteiger partial charge < -0.3 is 20.8 Å². The highest BCUT2D eigenvalue weighted by molar-refractivity contribution is 7.92. The molecule has 0 aliphatic rings. The number of carboxylic acids is 1. The van der Waals surface area contributed by atoms with E-state index in [0.29, 0.717) is 5.56 Å². The molecule has 3 rings (SSSR count). The van der Waals surface area contributed by atoms with E-state index in [2.05, 4.69) is 10.6 Å². The Kier molecular flexibility index (Phi) is 9.44. The predicted molar refractivity (Wildman–Crippen MR) is 147 cm³/mol. The zero-order valence-electron chi connectivity index (χ0n) is 21.7. The maximum atomic E-state index is 13.3. The van der Waals surface area contributed by atoms with Gasteiger partial charge in [-0.25, -0.2) is 13.2 Å². The van der Waals surface area contributed by atoms with E-state index in [-0.39, 0.29) is 29.3 Å². The van der Waals surface area contributed by atoms with E-state index in [0.717, 1.165) is 16.1 Å². The molecule has 11 heteroatoms. The topological polar surface area (TPSA) is 153 Å². The fourth-order valence-corrected chi connectivity index (χ4v) is 4.37. The molecule has 0 aliphatic heterocycles. The molecular formula is C28H31N3O7S. The number of carboxylic acid groups (broad SMARTS) is 1. The molecule has 2 amide bonds. The number of aliphatic hydroxyl groups is 1. The highest BCUT2D eigenvalue weighted by Crippen LogP contribution is 2.22. The van der Waals surface area contributed by atoms with Crippen molar-refractivity contribution in [1.82, 2.24) is 10.6 Å². The molecule has 3 aromatic rings. The van der Waals surface area contributed by atoms with Crippen LogP contribution in [0.25, 0.3) is 0 Å². The zero-order chi connectivity index (χ0) is 28.7. The second kappa shape index (κ2) is 12.5. The van der Waals surface area contributed by atoms with Gasteiger partial charge in [0.1, 0.15) is 0 Å². The summed E-state index contributed by atoms with van der Waals surface area (Å²) >= 11 is 0. The summed E-state index contributed by atoms with van der Waals surface area (Å²) in [4.78, 5) is 38.0. The number of anilines is 1. The van der Waals surface area contributed by atoms with Crippen molar-refractivity contribution in [2.75, 3.05) is 17.6 Å². The lowest BCUT2D eigenvalue weighted by molar-refractivity contribution is -0.148. The van der Waals surface area contributed by atoms with Crippen molar-refractivity contribution < 1.29 is 33.0 Å². The van der Waals surface area contributed by atoms with E-state index >= 15 is 0 Å². The molecule has 10 nitrogen and oxygen atoms in total. The summed E-state index contributed by atoms with van der Waals surface area (Å²) in [6, 6.07) is 20.2. The largest absolute Gasteiger partial charge is 0.479 e. The van der Waals surface area contributed by atoms with Crippen molar-refractivity contribution in [3.63, 3.8) is 0 Å². The number of carbonyl (C=O) groups excluding carboxylic acids is 2. The van der Waals surface area contributed by atoms with Gasteiger partial charge in [-0.1, -0.05) is 60.7 Å². The number of hydrogen-bond acceptors (Lipinski definition) is 6. The van der Waals surface area contributed by atoms with Crippen LogP contribution < -0.4 is 14.9 Å². The molecule has 3 aromatic carbocycles. The Morgan fingerprint density at radius 3 is 1.90 bits per heavy atom. The summed E-state index contributed by atoms with van der Waals surface area (Å²) in [5, 5.41) is 25.0. The fraction of sp³-hybridized carbons (Fsp3) is 0.250. The lowest BCUT2D eigenvalue weighted by Crippen LogP contribution is -2.48. The average Bonchev–Trinajstić information content (AvgIpc) is 2.91. The molecular weight excluding hydrogens is 522 g/mol. The number of benzene rings is 3. The average molecular weight is 554 g/mol. The van der Waals surface area contributed by atoms with Crippen molar-refractivity contribution in [3.8, 4) is 0 Å². The summed E-state index contributed by atoms with van der Waals surface area (Å²) < 4.78 is 25.4. The molecule has 0 saturated heterocycles. The normalized spacial score (nSPS) is 13.5. The molecule has 3 atom stereocenters. The Hall–Kier alpha value is -4.22. The van der Waals surface area contributed by atoms with Crippen molar-refractivity contribution in [3.05, 3.63) is 101 Å². The van der Waals surface area contributed by atoms with Crippen LogP contribution in [-0.4, -0.2) is 61.9 Å². The van der Waals surface area contributed by atoms with Crippen molar-refractivity contribution in [2.45, 2.75) is 31.5 Å². The first kappa shape index (κ1) is 29.3. The number of amides is 2. The molecule has 39 heavy (non-hydrogen) atoms. The van der Waals surface area contributed by atoms with Crippen LogP contribution in [0.4, 0.5) is 5.69 Å². The molecule has 0 saturated carbocycles. The minimum atomic E-state index is -3.74. The Labute approximate surface area is 227 Å². The van der Waals surface area contributed by atoms with Crippen LogP contribution in [0.5, 0.6) is 0 Å². The molecule has 0 heterocycles. The molecule has 0 spiro atoms. The Bertz CT molecular complexity index is 1430. The third kappa shape index (κ3) is 7.88. The number of sulfonamides is 1. The Morgan fingerprint density at radius 2 is 1.38 bits per heavy atom. The van der Waals surface area contributed by atoms with E-state index in [4.69, 9.17) is 0 Å². The molecule has 0 aromatic heterocycles. The minimum Gasteiger partial charge on any atom is -0.479 e. The third-order valence-corrected chi connectivity index (χ3v) is 7.41. The second-order valence-corrected chi connectivity index (χ2v) is 11.2. The highest BCUT2D eigenvalue weighted by atomic mass is 32.2. The first-order valence-electron chi connectivity index (χ1n) is 12.1. The zero-order valence-corrected chi connectivity index (χ0v) is 22.6. The summed E-state index contributed by atoms with van der Waals surface area (Å²) in [5.74, 6) is -2.85. The molecule has 0 unspecified atom stereocenters. The monoisotopic (exact) mass is 553 g/mol. The van der Waals surface area contributed by atoms with Gasteiger partial charge in [-0.05, 0) is 42.7 Å². The molecule has 0 fully saturated rings. The van der Waals surface area contributed by atoms with Gasteiger partial charge >= 0.3 is 5.97 Å². The van der Waals surface area contributed by atoms with Gasteiger partial charge in [-0.2, -0.15) is 0 Å². The maximum absolute atomic E-state index is 13.3. The van der Waals surface area contributed by atoms with E-state index < -0.39 is 40.0 Å². The quantitative estimate of drug-likeness (QED) is 0.284. The number of aliphatic carboxylic acids is 1. The summed E-state index contributed by atoms with van der Waals surface area (Å²) in [7, 11) is -2.46. The molecule has 0 radical (unpaired) electrons. The van der Waals surface area contributed by atoms with Gasteiger partial charge in [0.15, 0.2) is 6.10 Å². The van der Waals surface area contributed by atoms with Gasteiger partial charge in [-0.3, -0.25) is 13.9 Å². The predicted octanol–water partition coefficient (Wildman–Crippen LogP) is 2.36. The van der Waals surface area contributed by atoms with Crippen molar-refractivity contribution in [1.29, 1.82) is 0 Å². The number of carbonyl (C=O) groups is 3. The SMILES string of the molecule is C[C@@H](NC(=O)c1cc(C(=O)N[C@@H](Cc2ccccc2)[C@@H](O)C(=O)O)cc(N(C)S(C)(=O)=O)c1)c1ccccc1. The van der Waals surface area contributed by atoms with E-state index in [1.807, 2.05) is 30.3 Å². The van der Waals surface area contributed by atoms with Crippen LogP contribution in [0.3, 0.4) is 0 Å². The summed E-state index contributed by atoms with van der Waals surface area (Å²) in [6.45, 7) is 1.79. The van der Waals surface area contributed by atoms with Crippen molar-refractivity contribution >= 4 is 33.5 Å². The van der Waals surface area contributed by atoms with Crippen LogP contribution in [0.15, 0.2) is 78.9 Å². The number of nitrogens with zero attached hydrogens (tertiary/aromatic N) is 1. The Morgan fingerprint density at radius 1 is 0.872 bits per heavy atom. The molecule has 0 bridgehead atoms. The second-order valence-electron chi connectivity index (χ2n) is 9.16. The van der Waals surface area contributed by atoms with E-state index in [9.17, 15) is 33.0 Å². The number of hydrogen-bond donors (Lipinski definition) is 4. The standard InChI is InChI=1S/C28H31N3O7S/c1-18(20-12-8-5-9-13-20)29-26(33)21-15-22(17-23(16-21)31(2)39(3,37)38)27(34)30-24(25(32)28(35)36)14-19-10-6-4-7-11-19/h4-13,15-18,24-25,32H,14H2,1-3H3,(H,29,33)(H,30,34)(H,35,36)/t18-,24+,25-/m1/s1. The van der Waals surface area contributed by atoms with Crippen LogP contribution in [-0.2, 0) is 21.2 Å². The van der Waals surface area contributed by atoms with Crippen LogP contribution in [0.1, 0.15) is 44.8 Å².